The van der Waals surface area contributed by atoms with E-state index in [1.807, 2.05) is 49.4 Å². The molecular formula is C63H50N2O2. The van der Waals surface area contributed by atoms with E-state index in [-0.39, 0.29) is 10.8 Å². The highest BCUT2D eigenvalue weighted by molar-refractivity contribution is 5.91. The van der Waals surface area contributed by atoms with Gasteiger partial charge in [0.25, 0.3) is 0 Å². The summed E-state index contributed by atoms with van der Waals surface area (Å²) in [6.45, 7) is 15.4. The fourth-order valence-electron chi connectivity index (χ4n) is 10.9. The van der Waals surface area contributed by atoms with E-state index in [1.54, 1.807) is 6.08 Å². The van der Waals surface area contributed by atoms with Gasteiger partial charge in [0.15, 0.2) is 17.2 Å². The van der Waals surface area contributed by atoms with Crippen molar-refractivity contribution < 1.29 is 9.47 Å². The Hall–Kier alpha value is -8.08. The SMILES string of the molecule is C=C/C=C\C1=C(C)Oc2ccccc2N1c1ccc(-c2ccc3c(c2)C(C)(C)c2cc(/C=C/c4ccc5c(c4)C(C)(C)c4cc(N6c7ccccc7Oc7ccccc76)ccc4-5)ccc2-3)cc1. The van der Waals surface area contributed by atoms with Gasteiger partial charge in [-0.05, 0) is 146 Å². The number of nitrogens with zero attached hydrogens (tertiary/aromatic N) is 2. The molecule has 4 aliphatic rings. The molecule has 324 valence electrons. The Morgan fingerprint density at radius 2 is 0.881 bits per heavy atom. The van der Waals surface area contributed by atoms with Crippen molar-refractivity contribution in [2.75, 3.05) is 9.80 Å². The highest BCUT2D eigenvalue weighted by Gasteiger charge is 2.38. The number of hydrogen-bond donors (Lipinski definition) is 0. The highest BCUT2D eigenvalue weighted by atomic mass is 16.5. The molecule has 67 heavy (non-hydrogen) atoms. The number of anilines is 5. The first-order valence-corrected chi connectivity index (χ1v) is 23.2. The first-order chi connectivity index (χ1) is 32.6. The largest absolute Gasteiger partial charge is 0.458 e. The molecular weight excluding hydrogens is 817 g/mol. The quantitative estimate of drug-likeness (QED) is 0.118. The topological polar surface area (TPSA) is 24.9 Å². The van der Waals surface area contributed by atoms with Crippen LogP contribution in [0.5, 0.6) is 17.2 Å². The Kier molecular flexibility index (Phi) is 9.20. The molecule has 2 aliphatic heterocycles. The molecule has 8 aromatic carbocycles. The van der Waals surface area contributed by atoms with Crippen LogP contribution in [0.3, 0.4) is 0 Å². The molecule has 0 atom stereocenters. The molecule has 0 fully saturated rings. The number of fused-ring (bicyclic) bond motifs is 9. The zero-order valence-corrected chi connectivity index (χ0v) is 38.5. The fourth-order valence-corrected chi connectivity index (χ4v) is 10.9. The van der Waals surface area contributed by atoms with Crippen molar-refractivity contribution in [2.45, 2.75) is 45.4 Å². The van der Waals surface area contributed by atoms with E-state index < -0.39 is 0 Å². The van der Waals surface area contributed by atoms with Crippen LogP contribution in [0.4, 0.5) is 28.4 Å². The average Bonchev–Trinajstić information content (AvgIpc) is 3.72. The van der Waals surface area contributed by atoms with Gasteiger partial charge in [-0.15, -0.1) is 0 Å². The molecule has 0 spiro atoms. The van der Waals surface area contributed by atoms with Gasteiger partial charge < -0.3 is 19.3 Å². The maximum Gasteiger partial charge on any atom is 0.151 e. The lowest BCUT2D eigenvalue weighted by atomic mass is 9.81. The van der Waals surface area contributed by atoms with Crippen molar-refractivity contribution >= 4 is 40.6 Å². The molecule has 2 aliphatic carbocycles. The van der Waals surface area contributed by atoms with Gasteiger partial charge in [-0.3, -0.25) is 0 Å². The van der Waals surface area contributed by atoms with Crippen LogP contribution < -0.4 is 19.3 Å². The summed E-state index contributed by atoms with van der Waals surface area (Å²) in [5.74, 6) is 3.41. The van der Waals surface area contributed by atoms with E-state index in [9.17, 15) is 0 Å². The molecule has 0 saturated carbocycles. The van der Waals surface area contributed by atoms with Crippen molar-refractivity contribution in [1.29, 1.82) is 0 Å². The first kappa shape index (κ1) is 40.4. The summed E-state index contributed by atoms with van der Waals surface area (Å²) in [6, 6.07) is 61.5. The Morgan fingerprint density at radius 1 is 0.433 bits per heavy atom. The van der Waals surface area contributed by atoms with Crippen LogP contribution in [0.2, 0.25) is 0 Å². The van der Waals surface area contributed by atoms with E-state index in [1.165, 1.54) is 66.8 Å². The number of para-hydroxylation sites is 6. The summed E-state index contributed by atoms with van der Waals surface area (Å²) in [4.78, 5) is 4.59. The van der Waals surface area contributed by atoms with E-state index in [0.717, 1.165) is 57.1 Å². The molecule has 8 aromatic rings. The third-order valence-electron chi connectivity index (χ3n) is 14.4. The summed E-state index contributed by atoms with van der Waals surface area (Å²) in [7, 11) is 0. The smallest absolute Gasteiger partial charge is 0.151 e. The Labute approximate surface area is 393 Å². The van der Waals surface area contributed by atoms with Crippen LogP contribution in [0.25, 0.3) is 45.5 Å². The number of ether oxygens (including phenoxy) is 2. The minimum atomic E-state index is -0.183. The van der Waals surface area contributed by atoms with E-state index >= 15 is 0 Å². The number of hydrogen-bond acceptors (Lipinski definition) is 4. The first-order valence-electron chi connectivity index (χ1n) is 23.2. The molecule has 2 heterocycles. The molecule has 0 amide bonds. The molecule has 0 unspecified atom stereocenters. The molecule has 0 saturated heterocycles. The van der Waals surface area contributed by atoms with Crippen LogP contribution in [0.15, 0.2) is 206 Å². The lowest BCUT2D eigenvalue weighted by Gasteiger charge is -2.33. The predicted octanol–water partition coefficient (Wildman–Crippen LogP) is 17.2. The average molecular weight is 867 g/mol. The third-order valence-corrected chi connectivity index (χ3v) is 14.4. The molecule has 4 nitrogen and oxygen atoms in total. The second-order valence-electron chi connectivity index (χ2n) is 19.0. The summed E-state index contributed by atoms with van der Waals surface area (Å²) >= 11 is 0. The minimum absolute atomic E-state index is 0.162. The fraction of sp³-hybridized carbons (Fsp3) is 0.111. The number of rotatable bonds is 7. The van der Waals surface area contributed by atoms with Crippen LogP contribution in [0.1, 0.15) is 68.0 Å². The van der Waals surface area contributed by atoms with Gasteiger partial charge in [-0.2, -0.15) is 0 Å². The molecule has 0 N–H and O–H groups in total. The van der Waals surface area contributed by atoms with Crippen LogP contribution in [-0.4, -0.2) is 0 Å². The molecule has 12 rings (SSSR count). The monoisotopic (exact) mass is 866 g/mol. The number of benzene rings is 8. The second-order valence-corrected chi connectivity index (χ2v) is 19.0. The van der Waals surface area contributed by atoms with E-state index in [4.69, 9.17) is 9.47 Å². The van der Waals surface area contributed by atoms with Gasteiger partial charge in [0.1, 0.15) is 5.76 Å². The van der Waals surface area contributed by atoms with Crippen LogP contribution >= 0.6 is 0 Å². The Balaban J connectivity index is 0.803. The van der Waals surface area contributed by atoms with Crippen LogP contribution in [-0.2, 0) is 10.8 Å². The standard InChI is InChI=1S/C63H50N2O2/c1-7-8-15-55-40(2)66-59-19-12-9-16-56(59)64(55)45-29-26-43(27-30-45)44-28-34-49-47-32-24-41(36-51(47)62(3,4)53(49)38-44)22-23-42-25-33-48-50-35-31-46(39-54(50)63(5,6)52(48)37-42)65-57-17-10-13-20-60(57)67-61-21-14-11-18-58(61)65/h7-39H,1H2,2-6H3/b15-8-,23-22+. The Morgan fingerprint density at radius 3 is 1.45 bits per heavy atom. The van der Waals surface area contributed by atoms with Crippen molar-refractivity contribution in [2.24, 2.45) is 0 Å². The van der Waals surface area contributed by atoms with E-state index in [0.29, 0.717) is 0 Å². The lowest BCUT2D eigenvalue weighted by molar-refractivity contribution is 0.414. The minimum Gasteiger partial charge on any atom is -0.458 e. The van der Waals surface area contributed by atoms with Gasteiger partial charge in [0.05, 0.1) is 22.8 Å². The zero-order chi connectivity index (χ0) is 45.6. The molecule has 0 bridgehead atoms. The Bertz CT molecular complexity index is 3410. The van der Waals surface area contributed by atoms with Crippen LogP contribution in [0, 0.1) is 0 Å². The van der Waals surface area contributed by atoms with Gasteiger partial charge in [0.2, 0.25) is 0 Å². The molecule has 0 aromatic heterocycles. The number of allylic oxidation sites excluding steroid dienone is 4. The third kappa shape index (κ3) is 6.42. The van der Waals surface area contributed by atoms with Crippen molar-refractivity contribution in [1.82, 2.24) is 0 Å². The van der Waals surface area contributed by atoms with E-state index in [2.05, 4.69) is 196 Å². The van der Waals surface area contributed by atoms with Gasteiger partial charge in [-0.1, -0.05) is 162 Å². The predicted molar refractivity (Wildman–Crippen MR) is 278 cm³/mol. The second kappa shape index (κ2) is 15.3. The molecule has 4 heteroatoms. The normalized spacial score (nSPS) is 15.5. The maximum atomic E-state index is 6.33. The van der Waals surface area contributed by atoms with Crippen molar-refractivity contribution in [3.63, 3.8) is 0 Å². The summed E-state index contributed by atoms with van der Waals surface area (Å²) < 4.78 is 12.6. The van der Waals surface area contributed by atoms with Crippen molar-refractivity contribution in [3.8, 4) is 50.6 Å². The summed E-state index contributed by atoms with van der Waals surface area (Å²) in [6.07, 6.45) is 10.4. The summed E-state index contributed by atoms with van der Waals surface area (Å²) in [5, 5.41) is 0. The lowest BCUT2D eigenvalue weighted by Crippen LogP contribution is -2.22. The molecule has 0 radical (unpaired) electrons. The zero-order valence-electron chi connectivity index (χ0n) is 38.5. The highest BCUT2D eigenvalue weighted by Crippen LogP contribution is 2.55. The maximum absolute atomic E-state index is 6.33. The van der Waals surface area contributed by atoms with Gasteiger partial charge in [-0.25, -0.2) is 0 Å². The van der Waals surface area contributed by atoms with Crippen molar-refractivity contribution in [3.05, 3.63) is 240 Å². The van der Waals surface area contributed by atoms with Gasteiger partial charge in [0, 0.05) is 22.2 Å². The van der Waals surface area contributed by atoms with Gasteiger partial charge >= 0.3 is 0 Å². The summed E-state index contributed by atoms with van der Waals surface area (Å²) in [5.41, 5.74) is 21.4.